The van der Waals surface area contributed by atoms with E-state index in [-0.39, 0.29) is 23.8 Å². The van der Waals surface area contributed by atoms with Crippen LogP contribution in [0.15, 0.2) is 42.5 Å². The summed E-state index contributed by atoms with van der Waals surface area (Å²) in [4.78, 5) is 14.9. The van der Waals surface area contributed by atoms with Gasteiger partial charge in [-0.15, -0.1) is 12.4 Å². The number of nitrogens with one attached hydrogen (secondary N) is 1. The molecule has 6 nitrogen and oxygen atoms in total. The summed E-state index contributed by atoms with van der Waals surface area (Å²) in [7, 11) is 0. The number of rotatable bonds is 11. The van der Waals surface area contributed by atoms with Crippen molar-refractivity contribution in [3.8, 4) is 5.75 Å². The van der Waals surface area contributed by atoms with Crippen LogP contribution in [0.1, 0.15) is 54.9 Å². The molecule has 0 bridgehead atoms. The lowest BCUT2D eigenvalue weighted by Gasteiger charge is -2.18. The van der Waals surface area contributed by atoms with Crippen molar-refractivity contribution in [2.24, 2.45) is 5.92 Å². The number of carbonyl (C=O) groups excluding carboxylic acids is 1. The van der Waals surface area contributed by atoms with E-state index in [0.29, 0.717) is 42.0 Å². The van der Waals surface area contributed by atoms with Gasteiger partial charge in [0.05, 0.1) is 13.2 Å². The first-order chi connectivity index (χ1) is 16.7. The van der Waals surface area contributed by atoms with Crippen molar-refractivity contribution < 1.29 is 13.9 Å². The highest BCUT2D eigenvalue weighted by atomic mass is 35.5. The van der Waals surface area contributed by atoms with Gasteiger partial charge in [0.1, 0.15) is 11.6 Å². The zero-order chi connectivity index (χ0) is 25.5. The average molecular weight is 538 g/mol. The van der Waals surface area contributed by atoms with Crippen LogP contribution in [0, 0.1) is 18.7 Å². The fourth-order valence-electron chi connectivity index (χ4n) is 3.65. The number of carbonyl (C=O) groups is 1. The number of hydrogen-bond acceptors (Lipinski definition) is 4. The molecule has 3 rings (SSSR count). The third-order valence-electron chi connectivity index (χ3n) is 5.74. The Kier molecular flexibility index (Phi) is 11.2. The second-order valence-electron chi connectivity index (χ2n) is 9.01. The molecule has 0 saturated carbocycles. The van der Waals surface area contributed by atoms with E-state index in [4.69, 9.17) is 16.3 Å². The standard InChI is InChI=1S/C27H34ClFN4O2.ClH/c1-6-32(7-2)15-21-9-8-20(14-24(21)29)27(34)30-26-12-19(5)33(31-26)16-22-13-23(28)10-11-25(22)35-17-18(3)4;/h8-14,18H,6-7,15-17H2,1-5H3,(H,30,31,34);1H. The molecule has 0 radical (unpaired) electrons. The highest BCUT2D eigenvalue weighted by Crippen LogP contribution is 2.25. The fraction of sp³-hybridized carbons (Fsp3) is 0.407. The Hall–Kier alpha value is -2.61. The summed E-state index contributed by atoms with van der Waals surface area (Å²) in [5, 5.41) is 7.91. The number of aryl methyl sites for hydroxylation is 1. The maximum Gasteiger partial charge on any atom is 0.256 e. The third kappa shape index (κ3) is 7.95. The van der Waals surface area contributed by atoms with Gasteiger partial charge in [-0.2, -0.15) is 5.10 Å². The molecular formula is C27H35Cl2FN4O2. The minimum atomic E-state index is -0.411. The monoisotopic (exact) mass is 536 g/mol. The second-order valence-corrected chi connectivity index (χ2v) is 9.44. The van der Waals surface area contributed by atoms with Gasteiger partial charge in [-0.25, -0.2) is 4.39 Å². The lowest BCUT2D eigenvalue weighted by Crippen LogP contribution is -2.23. The number of nitrogens with zero attached hydrogens (tertiary/aromatic N) is 3. The molecule has 1 N–H and O–H groups in total. The smallest absolute Gasteiger partial charge is 0.256 e. The van der Waals surface area contributed by atoms with Crippen molar-refractivity contribution in [1.82, 2.24) is 14.7 Å². The topological polar surface area (TPSA) is 59.4 Å². The van der Waals surface area contributed by atoms with Crippen molar-refractivity contribution >= 4 is 35.7 Å². The number of aromatic nitrogens is 2. The van der Waals surface area contributed by atoms with Gasteiger partial charge in [-0.1, -0.05) is 45.4 Å². The van der Waals surface area contributed by atoms with Gasteiger partial charge in [0.15, 0.2) is 5.82 Å². The van der Waals surface area contributed by atoms with Crippen molar-refractivity contribution in [3.63, 3.8) is 0 Å². The largest absolute Gasteiger partial charge is 0.493 e. The predicted molar refractivity (Wildman–Crippen MR) is 146 cm³/mol. The SMILES string of the molecule is CCN(CC)Cc1ccc(C(=O)Nc2cc(C)n(Cc3cc(Cl)ccc3OCC(C)C)n2)cc1F.Cl. The molecule has 0 saturated heterocycles. The van der Waals surface area contributed by atoms with Crippen LogP contribution in [-0.2, 0) is 13.1 Å². The van der Waals surface area contributed by atoms with Crippen LogP contribution < -0.4 is 10.1 Å². The maximum absolute atomic E-state index is 14.6. The molecule has 3 aromatic rings. The molecule has 0 aliphatic rings. The molecule has 1 amide bonds. The van der Waals surface area contributed by atoms with Crippen LogP contribution in [0.4, 0.5) is 10.2 Å². The van der Waals surface area contributed by atoms with E-state index in [9.17, 15) is 9.18 Å². The summed E-state index contributed by atoms with van der Waals surface area (Å²) in [5.41, 5.74) is 2.57. The third-order valence-corrected chi connectivity index (χ3v) is 5.98. The molecule has 0 unspecified atom stereocenters. The van der Waals surface area contributed by atoms with Gasteiger partial charge in [0.25, 0.3) is 5.91 Å². The van der Waals surface area contributed by atoms with E-state index in [0.717, 1.165) is 30.1 Å². The molecule has 0 aliphatic heterocycles. The Labute approximate surface area is 224 Å². The Bertz CT molecular complexity index is 1160. The quantitative estimate of drug-likeness (QED) is 0.300. The van der Waals surface area contributed by atoms with Gasteiger partial charge in [-0.05, 0) is 56.3 Å². The number of anilines is 1. The first-order valence-electron chi connectivity index (χ1n) is 12.0. The highest BCUT2D eigenvalue weighted by molar-refractivity contribution is 6.30. The lowest BCUT2D eigenvalue weighted by atomic mass is 10.1. The van der Waals surface area contributed by atoms with Crippen LogP contribution >= 0.6 is 24.0 Å². The number of hydrogen-bond donors (Lipinski definition) is 1. The minimum absolute atomic E-state index is 0. The lowest BCUT2D eigenvalue weighted by molar-refractivity contribution is 0.102. The second kappa shape index (κ2) is 13.6. The molecule has 9 heteroatoms. The van der Waals surface area contributed by atoms with Gasteiger partial charge < -0.3 is 10.1 Å². The van der Waals surface area contributed by atoms with E-state index in [1.54, 1.807) is 28.9 Å². The van der Waals surface area contributed by atoms with Crippen molar-refractivity contribution in [2.75, 3.05) is 25.0 Å². The first-order valence-corrected chi connectivity index (χ1v) is 12.4. The summed E-state index contributed by atoms with van der Waals surface area (Å²) in [6, 6.07) is 11.9. The molecule has 36 heavy (non-hydrogen) atoms. The maximum atomic E-state index is 14.6. The number of benzene rings is 2. The van der Waals surface area contributed by atoms with Crippen LogP contribution in [0.25, 0.3) is 0 Å². The number of ether oxygens (including phenoxy) is 1. The molecule has 0 spiro atoms. The van der Waals surface area contributed by atoms with Crippen molar-refractivity contribution in [2.45, 2.75) is 47.7 Å². The van der Waals surface area contributed by atoms with Crippen LogP contribution in [-0.4, -0.2) is 40.3 Å². The van der Waals surface area contributed by atoms with Gasteiger partial charge in [0.2, 0.25) is 0 Å². The van der Waals surface area contributed by atoms with Crippen LogP contribution in [0.5, 0.6) is 5.75 Å². The van der Waals surface area contributed by atoms with E-state index < -0.39 is 5.91 Å². The summed E-state index contributed by atoms with van der Waals surface area (Å²) >= 11 is 6.22. The van der Waals surface area contributed by atoms with Crippen molar-refractivity contribution in [3.05, 3.63) is 75.7 Å². The van der Waals surface area contributed by atoms with Gasteiger partial charge in [0, 0.05) is 40.0 Å². The molecular weight excluding hydrogens is 502 g/mol. The Morgan fingerprint density at radius 3 is 2.50 bits per heavy atom. The Balaban J connectivity index is 0.00000456. The van der Waals surface area contributed by atoms with E-state index in [1.165, 1.54) is 6.07 Å². The molecule has 0 fully saturated rings. The fourth-order valence-corrected chi connectivity index (χ4v) is 3.85. The summed E-state index contributed by atoms with van der Waals surface area (Å²) in [6.07, 6.45) is 0. The summed E-state index contributed by atoms with van der Waals surface area (Å²) < 4.78 is 22.3. The molecule has 1 aromatic heterocycles. The van der Waals surface area contributed by atoms with E-state index >= 15 is 0 Å². The zero-order valence-electron chi connectivity index (χ0n) is 21.5. The Morgan fingerprint density at radius 1 is 1.14 bits per heavy atom. The van der Waals surface area contributed by atoms with Gasteiger partial charge >= 0.3 is 0 Å². The van der Waals surface area contributed by atoms with Crippen LogP contribution in [0.2, 0.25) is 5.02 Å². The summed E-state index contributed by atoms with van der Waals surface area (Å²) in [6.45, 7) is 13.4. The molecule has 1 heterocycles. The minimum Gasteiger partial charge on any atom is -0.493 e. The van der Waals surface area contributed by atoms with Crippen molar-refractivity contribution in [1.29, 1.82) is 0 Å². The molecule has 2 aromatic carbocycles. The molecule has 0 aliphatic carbocycles. The molecule has 0 atom stereocenters. The van der Waals surface area contributed by atoms with E-state index in [1.807, 2.05) is 32.9 Å². The summed E-state index contributed by atoms with van der Waals surface area (Å²) in [5.74, 6) is 0.742. The highest BCUT2D eigenvalue weighted by Gasteiger charge is 2.15. The Morgan fingerprint density at radius 2 is 1.86 bits per heavy atom. The predicted octanol–water partition coefficient (Wildman–Crippen LogP) is 6.58. The van der Waals surface area contributed by atoms with Crippen LogP contribution in [0.3, 0.4) is 0 Å². The zero-order valence-corrected chi connectivity index (χ0v) is 23.0. The normalized spacial score (nSPS) is 11.0. The number of halogens is 3. The van der Waals surface area contributed by atoms with E-state index in [2.05, 4.69) is 29.2 Å². The average Bonchev–Trinajstić information content (AvgIpc) is 3.15. The first kappa shape index (κ1) is 29.6. The van der Waals surface area contributed by atoms with Gasteiger partial charge in [-0.3, -0.25) is 14.4 Å². The number of amides is 1. The molecule has 196 valence electrons.